The van der Waals surface area contributed by atoms with Crippen LogP contribution in [0, 0.1) is 0 Å². The molecule has 0 aromatic rings. The molecule has 0 spiro atoms. The van der Waals surface area contributed by atoms with Crippen LogP contribution < -0.4 is 10.0 Å². The molecular formula is C17H34IN5O4S. The van der Waals surface area contributed by atoms with Crippen LogP contribution in [0.2, 0.25) is 0 Å². The lowest BCUT2D eigenvalue weighted by Gasteiger charge is -2.36. The molecule has 164 valence electrons. The molecule has 28 heavy (non-hydrogen) atoms. The third-order valence-electron chi connectivity index (χ3n) is 4.79. The summed E-state index contributed by atoms with van der Waals surface area (Å²) in [6.07, 6.45) is 3.01. The molecule has 1 amide bonds. The van der Waals surface area contributed by atoms with Crippen molar-refractivity contribution in [2.75, 3.05) is 58.2 Å². The number of rotatable bonds is 7. The van der Waals surface area contributed by atoms with Crippen molar-refractivity contribution in [2.45, 2.75) is 39.2 Å². The molecule has 1 atom stereocenters. The van der Waals surface area contributed by atoms with Crippen LogP contribution in [0.15, 0.2) is 4.99 Å². The largest absolute Gasteiger partial charge is 0.377 e. The molecule has 0 saturated carbocycles. The number of guanidine groups is 1. The SMILES string of the molecule is CCNC(=NCCS(=O)(=O)NCC1CCCCO1)N1CCN(C(C)=O)CC1.I. The van der Waals surface area contributed by atoms with Crippen molar-refractivity contribution >= 4 is 45.9 Å². The summed E-state index contributed by atoms with van der Waals surface area (Å²) in [5.41, 5.74) is 0. The minimum Gasteiger partial charge on any atom is -0.377 e. The topological polar surface area (TPSA) is 103 Å². The first-order chi connectivity index (χ1) is 12.9. The van der Waals surface area contributed by atoms with E-state index in [0.29, 0.717) is 51.8 Å². The molecule has 1 unspecified atom stereocenters. The van der Waals surface area contributed by atoms with Gasteiger partial charge in [0.1, 0.15) is 0 Å². The number of nitrogens with zero attached hydrogens (tertiary/aromatic N) is 3. The van der Waals surface area contributed by atoms with Crippen molar-refractivity contribution < 1.29 is 17.9 Å². The summed E-state index contributed by atoms with van der Waals surface area (Å²) in [5.74, 6) is 0.726. The van der Waals surface area contributed by atoms with Gasteiger partial charge >= 0.3 is 0 Å². The average Bonchev–Trinajstić information content (AvgIpc) is 2.67. The molecule has 2 fully saturated rings. The number of nitrogens with one attached hydrogen (secondary N) is 2. The van der Waals surface area contributed by atoms with Crippen molar-refractivity contribution in [3.63, 3.8) is 0 Å². The van der Waals surface area contributed by atoms with E-state index in [-0.39, 0.29) is 48.3 Å². The van der Waals surface area contributed by atoms with Gasteiger partial charge in [-0.05, 0) is 26.2 Å². The first-order valence-corrected chi connectivity index (χ1v) is 11.4. The van der Waals surface area contributed by atoms with E-state index in [1.807, 2.05) is 11.8 Å². The fraction of sp³-hybridized carbons (Fsp3) is 0.882. The van der Waals surface area contributed by atoms with E-state index in [4.69, 9.17) is 4.74 Å². The van der Waals surface area contributed by atoms with Crippen molar-refractivity contribution in [1.29, 1.82) is 0 Å². The molecule has 9 nitrogen and oxygen atoms in total. The van der Waals surface area contributed by atoms with Gasteiger partial charge in [0, 0.05) is 52.8 Å². The maximum atomic E-state index is 12.2. The Morgan fingerprint density at radius 2 is 1.86 bits per heavy atom. The molecule has 0 bridgehead atoms. The summed E-state index contributed by atoms with van der Waals surface area (Å²) in [5, 5.41) is 3.20. The Kier molecular flexibility index (Phi) is 11.6. The standard InChI is InChI=1S/C17H33N5O4S.HI/c1-3-18-17(22-10-8-21(9-11-22)15(2)23)19-7-13-27(24,25)20-14-16-6-4-5-12-26-16;/h16,20H,3-14H2,1-2H3,(H,18,19);1H. The van der Waals surface area contributed by atoms with E-state index in [0.717, 1.165) is 19.3 Å². The number of ether oxygens (including phenoxy) is 1. The smallest absolute Gasteiger partial charge is 0.219 e. The van der Waals surface area contributed by atoms with Gasteiger partial charge < -0.3 is 19.9 Å². The summed E-state index contributed by atoms with van der Waals surface area (Å²) in [6, 6.07) is 0. The quantitative estimate of drug-likeness (QED) is 0.277. The highest BCUT2D eigenvalue weighted by Gasteiger charge is 2.21. The van der Waals surface area contributed by atoms with Gasteiger partial charge in [0.15, 0.2) is 5.96 Å². The number of hydrogen-bond acceptors (Lipinski definition) is 5. The zero-order valence-electron chi connectivity index (χ0n) is 16.9. The fourth-order valence-electron chi connectivity index (χ4n) is 3.19. The first-order valence-electron chi connectivity index (χ1n) is 9.79. The zero-order chi connectivity index (χ0) is 19.7. The molecule has 2 saturated heterocycles. The number of carbonyl (C=O) groups is 1. The number of halogens is 1. The number of sulfonamides is 1. The third kappa shape index (κ3) is 8.78. The van der Waals surface area contributed by atoms with Crippen molar-refractivity contribution in [2.24, 2.45) is 4.99 Å². The van der Waals surface area contributed by atoms with Crippen LogP contribution in [0.1, 0.15) is 33.1 Å². The maximum absolute atomic E-state index is 12.2. The number of aliphatic imine (C=N–C) groups is 1. The van der Waals surface area contributed by atoms with Crippen LogP contribution in [0.4, 0.5) is 0 Å². The summed E-state index contributed by atoms with van der Waals surface area (Å²) in [6.45, 7) is 8.17. The van der Waals surface area contributed by atoms with Gasteiger partial charge in [0.25, 0.3) is 0 Å². The summed E-state index contributed by atoms with van der Waals surface area (Å²) in [4.78, 5) is 19.8. The Bertz CT molecular complexity index is 603. The second kappa shape index (κ2) is 12.8. The van der Waals surface area contributed by atoms with E-state index in [1.165, 1.54) is 0 Å². The van der Waals surface area contributed by atoms with Gasteiger partial charge in [-0.15, -0.1) is 24.0 Å². The summed E-state index contributed by atoms with van der Waals surface area (Å²) < 4.78 is 32.6. The minimum atomic E-state index is -3.38. The van der Waals surface area contributed by atoms with Crippen LogP contribution in [0.25, 0.3) is 0 Å². The maximum Gasteiger partial charge on any atom is 0.219 e. The van der Waals surface area contributed by atoms with Gasteiger partial charge in [0.05, 0.1) is 18.4 Å². The highest BCUT2D eigenvalue weighted by molar-refractivity contribution is 14.0. The number of hydrogen-bond donors (Lipinski definition) is 2. The van der Waals surface area contributed by atoms with Crippen LogP contribution in [-0.4, -0.2) is 94.4 Å². The van der Waals surface area contributed by atoms with Crippen molar-refractivity contribution in [3.8, 4) is 0 Å². The molecule has 11 heteroatoms. The Labute approximate surface area is 185 Å². The molecule has 2 aliphatic heterocycles. The van der Waals surface area contributed by atoms with E-state index in [2.05, 4.69) is 19.9 Å². The van der Waals surface area contributed by atoms with E-state index < -0.39 is 10.0 Å². The lowest BCUT2D eigenvalue weighted by atomic mass is 10.1. The lowest BCUT2D eigenvalue weighted by molar-refractivity contribution is -0.130. The van der Waals surface area contributed by atoms with Gasteiger partial charge in [-0.1, -0.05) is 0 Å². The monoisotopic (exact) mass is 531 g/mol. The second-order valence-electron chi connectivity index (χ2n) is 6.88. The lowest BCUT2D eigenvalue weighted by Crippen LogP contribution is -2.53. The molecule has 0 aliphatic carbocycles. The molecule has 2 N–H and O–H groups in total. The number of piperazine rings is 1. The van der Waals surface area contributed by atoms with Gasteiger partial charge in [-0.25, -0.2) is 13.1 Å². The molecular weight excluding hydrogens is 497 g/mol. The Morgan fingerprint density at radius 1 is 1.18 bits per heavy atom. The van der Waals surface area contributed by atoms with E-state index in [1.54, 1.807) is 6.92 Å². The van der Waals surface area contributed by atoms with E-state index >= 15 is 0 Å². The minimum absolute atomic E-state index is 0. The fourth-order valence-corrected chi connectivity index (χ4v) is 4.11. The highest BCUT2D eigenvalue weighted by Crippen LogP contribution is 2.11. The molecule has 2 heterocycles. The van der Waals surface area contributed by atoms with Crippen LogP contribution in [0.5, 0.6) is 0 Å². The molecule has 0 aromatic carbocycles. The van der Waals surface area contributed by atoms with Gasteiger partial charge in [0.2, 0.25) is 15.9 Å². The number of amides is 1. The molecule has 2 aliphatic rings. The van der Waals surface area contributed by atoms with Crippen molar-refractivity contribution in [1.82, 2.24) is 19.8 Å². The Morgan fingerprint density at radius 3 is 2.43 bits per heavy atom. The van der Waals surface area contributed by atoms with Gasteiger partial charge in [-0.2, -0.15) is 0 Å². The summed E-state index contributed by atoms with van der Waals surface area (Å²) >= 11 is 0. The third-order valence-corrected chi connectivity index (χ3v) is 6.11. The zero-order valence-corrected chi connectivity index (χ0v) is 20.0. The second-order valence-corrected chi connectivity index (χ2v) is 8.81. The predicted molar refractivity (Wildman–Crippen MR) is 121 cm³/mol. The Hall–Kier alpha value is -0.660. The summed E-state index contributed by atoms with van der Waals surface area (Å²) in [7, 11) is -3.38. The van der Waals surface area contributed by atoms with Crippen molar-refractivity contribution in [3.05, 3.63) is 0 Å². The first kappa shape index (κ1) is 25.4. The average molecular weight is 531 g/mol. The van der Waals surface area contributed by atoms with Gasteiger partial charge in [-0.3, -0.25) is 9.79 Å². The van der Waals surface area contributed by atoms with Crippen LogP contribution in [-0.2, 0) is 19.6 Å². The highest BCUT2D eigenvalue weighted by atomic mass is 127. The predicted octanol–water partition coefficient (Wildman–Crippen LogP) is 0.223. The Balaban J connectivity index is 0.00000392. The molecule has 0 radical (unpaired) electrons. The van der Waals surface area contributed by atoms with E-state index in [9.17, 15) is 13.2 Å². The van der Waals surface area contributed by atoms with Crippen LogP contribution in [0.3, 0.4) is 0 Å². The normalized spacial score (nSPS) is 21.2. The van der Waals surface area contributed by atoms with Crippen LogP contribution >= 0.6 is 24.0 Å². The number of carbonyl (C=O) groups excluding carboxylic acids is 1. The molecule has 0 aromatic heterocycles. The molecule has 2 rings (SSSR count).